The first-order valence-corrected chi connectivity index (χ1v) is 3.87. The van der Waals surface area contributed by atoms with E-state index in [0.717, 1.165) is 12.3 Å². The molecule has 5 heteroatoms. The SMILES string of the molecule is C=C(C)C(=O)N=C=O.C=CN=C=O.[CH2]C=C. The molecule has 0 aliphatic heterocycles. The number of amides is 1. The summed E-state index contributed by atoms with van der Waals surface area (Å²) < 4.78 is 0. The van der Waals surface area contributed by atoms with Gasteiger partial charge < -0.3 is 0 Å². The van der Waals surface area contributed by atoms with Crippen LogP contribution >= 0.6 is 0 Å². The molecule has 0 saturated carbocycles. The normalized spacial score (nSPS) is 5.88. The van der Waals surface area contributed by atoms with Gasteiger partial charge in [-0.15, -0.1) is 11.6 Å². The summed E-state index contributed by atoms with van der Waals surface area (Å²) in [6, 6.07) is 0. The van der Waals surface area contributed by atoms with E-state index in [2.05, 4.69) is 36.6 Å². The molecule has 1 radical (unpaired) electrons. The van der Waals surface area contributed by atoms with E-state index in [0.29, 0.717) is 0 Å². The highest BCUT2D eigenvalue weighted by molar-refractivity contribution is 5.95. The number of rotatable bonds is 2. The molecule has 0 N–H and O–H groups in total. The zero-order chi connectivity index (χ0) is 13.4. The largest absolute Gasteiger partial charge is 0.282 e. The highest BCUT2D eigenvalue weighted by Crippen LogP contribution is 1.87. The van der Waals surface area contributed by atoms with Crippen molar-refractivity contribution >= 4 is 18.1 Å². The lowest BCUT2D eigenvalue weighted by atomic mass is 10.3. The van der Waals surface area contributed by atoms with Crippen LogP contribution in [0.2, 0.25) is 0 Å². The Labute approximate surface area is 94.6 Å². The predicted molar refractivity (Wildman–Crippen MR) is 61.8 cm³/mol. The van der Waals surface area contributed by atoms with Crippen LogP contribution in [0.3, 0.4) is 0 Å². The third-order valence-electron chi connectivity index (χ3n) is 0.656. The zero-order valence-electron chi connectivity index (χ0n) is 9.10. The lowest BCUT2D eigenvalue weighted by Crippen LogP contribution is -1.90. The molecule has 0 aliphatic carbocycles. The van der Waals surface area contributed by atoms with E-state index in [1.54, 1.807) is 0 Å². The maximum atomic E-state index is 10.2. The molecule has 0 aromatic carbocycles. The lowest BCUT2D eigenvalue weighted by Gasteiger charge is -1.80. The molecule has 1 amide bonds. The van der Waals surface area contributed by atoms with Crippen LogP contribution in [0.5, 0.6) is 0 Å². The molecule has 5 nitrogen and oxygen atoms in total. The van der Waals surface area contributed by atoms with Crippen molar-refractivity contribution in [1.82, 2.24) is 0 Å². The number of nitrogens with zero attached hydrogens (tertiary/aromatic N) is 2. The van der Waals surface area contributed by atoms with Gasteiger partial charge in [-0.25, -0.2) is 9.59 Å². The van der Waals surface area contributed by atoms with E-state index < -0.39 is 5.91 Å². The zero-order valence-corrected chi connectivity index (χ0v) is 9.10. The third-order valence-corrected chi connectivity index (χ3v) is 0.656. The Kier molecular flexibility index (Phi) is 22.2. The summed E-state index contributed by atoms with van der Waals surface area (Å²) in [5.74, 6) is -0.611. The Hall–Kier alpha value is -2.35. The topological polar surface area (TPSA) is 75.9 Å². The van der Waals surface area contributed by atoms with Crippen molar-refractivity contribution in [3.05, 3.63) is 44.5 Å². The third kappa shape index (κ3) is 29.9. The van der Waals surface area contributed by atoms with Crippen molar-refractivity contribution in [3.63, 3.8) is 0 Å². The Bertz CT molecular complexity index is 329. The number of allylic oxidation sites excluding steroid dienone is 1. The second kappa shape index (κ2) is 18.4. The Morgan fingerprint density at radius 2 is 1.69 bits per heavy atom. The van der Waals surface area contributed by atoms with Crippen molar-refractivity contribution in [2.75, 3.05) is 0 Å². The van der Waals surface area contributed by atoms with E-state index >= 15 is 0 Å². The van der Waals surface area contributed by atoms with Gasteiger partial charge in [0.2, 0.25) is 12.2 Å². The summed E-state index contributed by atoms with van der Waals surface area (Å²) >= 11 is 0. The molecule has 0 spiro atoms. The molecule has 0 saturated heterocycles. The number of hydrogen-bond acceptors (Lipinski definition) is 4. The molecule has 0 fully saturated rings. The average molecular weight is 221 g/mol. The van der Waals surface area contributed by atoms with Crippen LogP contribution in [-0.2, 0) is 14.4 Å². The molecular formula is C11H13N2O3. The van der Waals surface area contributed by atoms with Crippen LogP contribution < -0.4 is 0 Å². The highest BCUT2D eigenvalue weighted by atomic mass is 16.2. The van der Waals surface area contributed by atoms with Crippen molar-refractivity contribution < 1.29 is 14.4 Å². The minimum Gasteiger partial charge on any atom is -0.266 e. The average Bonchev–Trinajstić information content (AvgIpc) is 2.21. The minimum atomic E-state index is -0.611. The number of aliphatic imine (C=N–C) groups is 2. The molecule has 0 bridgehead atoms. The van der Waals surface area contributed by atoms with E-state index in [4.69, 9.17) is 4.79 Å². The molecule has 0 aromatic rings. The van der Waals surface area contributed by atoms with Crippen molar-refractivity contribution in [2.24, 2.45) is 9.98 Å². The maximum absolute atomic E-state index is 10.2. The first-order chi connectivity index (χ1) is 7.51. The van der Waals surface area contributed by atoms with E-state index in [-0.39, 0.29) is 5.57 Å². The number of carbonyl (C=O) groups excluding carboxylic acids is 3. The van der Waals surface area contributed by atoms with E-state index in [9.17, 15) is 9.59 Å². The predicted octanol–water partition coefficient (Wildman–Crippen LogP) is 1.90. The molecular weight excluding hydrogens is 208 g/mol. The van der Waals surface area contributed by atoms with Gasteiger partial charge in [0.25, 0.3) is 5.91 Å². The summed E-state index contributed by atoms with van der Waals surface area (Å²) in [7, 11) is 0. The van der Waals surface area contributed by atoms with E-state index in [1.165, 1.54) is 19.1 Å². The van der Waals surface area contributed by atoms with Gasteiger partial charge >= 0.3 is 0 Å². The number of carbonyl (C=O) groups is 1. The van der Waals surface area contributed by atoms with Gasteiger partial charge in [0.1, 0.15) is 0 Å². The minimum absolute atomic E-state index is 0.244. The molecule has 0 unspecified atom stereocenters. The van der Waals surface area contributed by atoms with Crippen molar-refractivity contribution in [1.29, 1.82) is 0 Å². The molecule has 0 heterocycles. The van der Waals surface area contributed by atoms with Crippen LogP contribution in [0.15, 0.2) is 47.6 Å². The van der Waals surface area contributed by atoms with Crippen LogP contribution in [0.4, 0.5) is 0 Å². The summed E-state index contributed by atoms with van der Waals surface area (Å²) in [5, 5.41) is 0. The lowest BCUT2D eigenvalue weighted by molar-refractivity contribution is -0.114. The first-order valence-electron chi connectivity index (χ1n) is 3.87. The van der Waals surface area contributed by atoms with Crippen molar-refractivity contribution in [2.45, 2.75) is 6.92 Å². The molecule has 0 aliphatic rings. The number of hydrogen-bond donors (Lipinski definition) is 0. The number of isocyanates is 2. The van der Waals surface area contributed by atoms with Gasteiger partial charge in [0.15, 0.2) is 0 Å². The second-order valence-corrected chi connectivity index (χ2v) is 1.98. The quantitative estimate of drug-likeness (QED) is 0.406. The van der Waals surface area contributed by atoms with Gasteiger partial charge in [-0.2, -0.15) is 4.99 Å². The van der Waals surface area contributed by atoms with Gasteiger partial charge in [-0.05, 0) is 13.8 Å². The Morgan fingerprint density at radius 1 is 1.25 bits per heavy atom. The van der Waals surface area contributed by atoms with Crippen molar-refractivity contribution in [3.8, 4) is 0 Å². The highest BCUT2D eigenvalue weighted by Gasteiger charge is 1.94. The summed E-state index contributed by atoms with van der Waals surface area (Å²) in [6.07, 6.45) is 5.02. The summed E-state index contributed by atoms with van der Waals surface area (Å²) in [6.45, 7) is 14.3. The molecule has 0 aromatic heterocycles. The maximum Gasteiger partial charge on any atom is 0.282 e. The van der Waals surface area contributed by atoms with Crippen LogP contribution in [0.25, 0.3) is 0 Å². The van der Waals surface area contributed by atoms with Gasteiger partial charge in [-0.1, -0.05) is 19.2 Å². The fourth-order valence-electron chi connectivity index (χ4n) is 0.174. The smallest absolute Gasteiger partial charge is 0.266 e. The van der Waals surface area contributed by atoms with E-state index in [1.807, 2.05) is 0 Å². The summed E-state index contributed by atoms with van der Waals surface area (Å²) in [4.78, 5) is 34.3. The standard InChI is InChI=1S/C5H5NO2.C3H3NO.C3H5/c1-4(2)5(8)6-3-7;1-2-4-3-5;1-3-2/h1H2,2H3;2H,1H2;3H,1-2H2. The van der Waals surface area contributed by atoms with Gasteiger partial charge in [-0.3, -0.25) is 4.79 Å². The van der Waals surface area contributed by atoms with Crippen LogP contribution in [0, 0.1) is 6.92 Å². The Morgan fingerprint density at radius 3 is 1.75 bits per heavy atom. The van der Waals surface area contributed by atoms with Crippen LogP contribution in [0.1, 0.15) is 6.92 Å². The van der Waals surface area contributed by atoms with Gasteiger partial charge in [0.05, 0.1) is 0 Å². The summed E-state index contributed by atoms with van der Waals surface area (Å²) in [5.41, 5.74) is 0.244. The first kappa shape index (κ1) is 19.3. The van der Waals surface area contributed by atoms with Crippen LogP contribution in [-0.4, -0.2) is 18.1 Å². The second-order valence-electron chi connectivity index (χ2n) is 1.98. The molecule has 0 atom stereocenters. The molecule has 16 heavy (non-hydrogen) atoms. The fourth-order valence-corrected chi connectivity index (χ4v) is 0.174. The molecule has 0 rings (SSSR count). The Balaban J connectivity index is -0.000000181. The van der Waals surface area contributed by atoms with Gasteiger partial charge in [0, 0.05) is 11.8 Å². The molecule has 85 valence electrons. The monoisotopic (exact) mass is 221 g/mol. The fraction of sp³-hybridized carbons (Fsp3) is 0.0909.